The number of aliphatic hydroxyl groups is 1. The minimum atomic E-state index is -0.414. The molecule has 0 spiro atoms. The van der Waals surface area contributed by atoms with Crippen LogP contribution in [0.15, 0.2) is 24.3 Å². The first-order valence-corrected chi connectivity index (χ1v) is 4.58. The van der Waals surface area contributed by atoms with Gasteiger partial charge in [-0.2, -0.15) is 0 Å². The summed E-state index contributed by atoms with van der Waals surface area (Å²) in [6, 6.07) is 7.86. The summed E-state index contributed by atoms with van der Waals surface area (Å²) in [7, 11) is 0. The molecule has 1 rings (SSSR count). The quantitative estimate of drug-likeness (QED) is 0.717. The lowest BCUT2D eigenvalue weighted by Crippen LogP contribution is -1.97. The largest absolute Gasteiger partial charge is 0.388 e. The smallest absolute Gasteiger partial charge is 0.0801 e. The molecule has 0 saturated heterocycles. The first-order chi connectivity index (χ1) is 5.74. The molecule has 0 amide bonds. The molecule has 0 radical (unpaired) electrons. The van der Waals surface area contributed by atoms with Crippen LogP contribution in [0.3, 0.4) is 0 Å². The number of halogens is 1. The summed E-state index contributed by atoms with van der Waals surface area (Å²) in [4.78, 5) is 0. The van der Waals surface area contributed by atoms with Crippen molar-refractivity contribution in [1.29, 1.82) is 0 Å². The highest BCUT2D eigenvalue weighted by molar-refractivity contribution is 6.17. The number of rotatable bonds is 3. The second-order valence-corrected chi connectivity index (χ2v) is 3.28. The molecule has 1 atom stereocenters. The standard InChI is InChI=1S/C10H13ClO/c1-8-2-4-9(5-3-8)10(12)6-7-11/h2-5,10,12H,6-7H2,1H3/t10-/m1/s1. The van der Waals surface area contributed by atoms with Gasteiger partial charge >= 0.3 is 0 Å². The van der Waals surface area contributed by atoms with E-state index < -0.39 is 6.10 Å². The van der Waals surface area contributed by atoms with Crippen molar-refractivity contribution < 1.29 is 5.11 Å². The van der Waals surface area contributed by atoms with Crippen molar-refractivity contribution in [3.8, 4) is 0 Å². The van der Waals surface area contributed by atoms with E-state index in [9.17, 15) is 5.11 Å². The van der Waals surface area contributed by atoms with Gasteiger partial charge in [0, 0.05) is 5.88 Å². The molecule has 0 bridgehead atoms. The van der Waals surface area contributed by atoms with E-state index in [0.29, 0.717) is 12.3 Å². The van der Waals surface area contributed by atoms with Gasteiger partial charge in [-0.15, -0.1) is 11.6 Å². The van der Waals surface area contributed by atoms with Crippen LogP contribution in [0.5, 0.6) is 0 Å². The molecule has 0 saturated carbocycles. The van der Waals surface area contributed by atoms with Gasteiger partial charge in [0.1, 0.15) is 0 Å². The lowest BCUT2D eigenvalue weighted by molar-refractivity contribution is 0.174. The normalized spacial score (nSPS) is 12.9. The Balaban J connectivity index is 2.68. The minimum Gasteiger partial charge on any atom is -0.388 e. The lowest BCUT2D eigenvalue weighted by atomic mass is 10.1. The fraction of sp³-hybridized carbons (Fsp3) is 0.400. The topological polar surface area (TPSA) is 20.2 Å². The second kappa shape index (κ2) is 4.48. The van der Waals surface area contributed by atoms with Gasteiger partial charge in [0.05, 0.1) is 6.10 Å². The SMILES string of the molecule is Cc1ccc([C@H](O)CCCl)cc1. The number of alkyl halides is 1. The fourth-order valence-electron chi connectivity index (χ4n) is 1.06. The maximum absolute atomic E-state index is 9.53. The van der Waals surface area contributed by atoms with Gasteiger partial charge in [-0.05, 0) is 18.9 Å². The molecule has 1 nitrogen and oxygen atoms in total. The van der Waals surface area contributed by atoms with Crippen LogP contribution in [0.4, 0.5) is 0 Å². The highest BCUT2D eigenvalue weighted by Gasteiger charge is 2.04. The van der Waals surface area contributed by atoms with Crippen molar-refractivity contribution in [3.05, 3.63) is 35.4 Å². The third-order valence-corrected chi connectivity index (χ3v) is 2.06. The molecule has 0 aromatic heterocycles. The van der Waals surface area contributed by atoms with Crippen LogP contribution in [0.1, 0.15) is 23.7 Å². The van der Waals surface area contributed by atoms with Gasteiger partial charge in [0.25, 0.3) is 0 Å². The third kappa shape index (κ3) is 2.50. The average molecular weight is 185 g/mol. The summed E-state index contributed by atoms with van der Waals surface area (Å²) in [5, 5.41) is 9.53. The molecule has 1 aromatic rings. The van der Waals surface area contributed by atoms with Gasteiger partial charge in [-0.3, -0.25) is 0 Å². The zero-order valence-electron chi connectivity index (χ0n) is 7.13. The summed E-state index contributed by atoms with van der Waals surface area (Å²) in [6.07, 6.45) is 0.202. The summed E-state index contributed by atoms with van der Waals surface area (Å²) in [6.45, 7) is 2.03. The maximum Gasteiger partial charge on any atom is 0.0801 e. The Hall–Kier alpha value is -0.530. The van der Waals surface area contributed by atoms with Gasteiger partial charge < -0.3 is 5.11 Å². The zero-order valence-corrected chi connectivity index (χ0v) is 7.88. The van der Waals surface area contributed by atoms with Crippen LogP contribution in [0, 0.1) is 6.92 Å². The lowest BCUT2D eigenvalue weighted by Gasteiger charge is -2.08. The van der Waals surface area contributed by atoms with Crippen molar-refractivity contribution in [2.75, 3.05) is 5.88 Å². The van der Waals surface area contributed by atoms with Crippen molar-refractivity contribution in [2.24, 2.45) is 0 Å². The van der Waals surface area contributed by atoms with Crippen LogP contribution in [0.2, 0.25) is 0 Å². The maximum atomic E-state index is 9.53. The van der Waals surface area contributed by atoms with E-state index in [1.165, 1.54) is 5.56 Å². The Kier molecular flexibility index (Phi) is 3.57. The fourth-order valence-corrected chi connectivity index (χ4v) is 1.27. The first kappa shape index (κ1) is 9.56. The average Bonchev–Trinajstić information content (AvgIpc) is 2.06. The van der Waals surface area contributed by atoms with E-state index in [0.717, 1.165) is 5.56 Å². The van der Waals surface area contributed by atoms with Crippen LogP contribution < -0.4 is 0 Å². The molecule has 0 unspecified atom stereocenters. The van der Waals surface area contributed by atoms with E-state index >= 15 is 0 Å². The molecule has 0 aliphatic carbocycles. The van der Waals surface area contributed by atoms with Gasteiger partial charge in [0.15, 0.2) is 0 Å². The third-order valence-electron chi connectivity index (χ3n) is 1.84. The highest BCUT2D eigenvalue weighted by atomic mass is 35.5. The molecular formula is C10H13ClO. The van der Waals surface area contributed by atoms with E-state index in [2.05, 4.69) is 0 Å². The van der Waals surface area contributed by atoms with E-state index in [4.69, 9.17) is 11.6 Å². The summed E-state index contributed by atoms with van der Waals surface area (Å²) in [5.41, 5.74) is 2.15. The van der Waals surface area contributed by atoms with Crippen molar-refractivity contribution in [3.63, 3.8) is 0 Å². The van der Waals surface area contributed by atoms with Crippen LogP contribution in [-0.4, -0.2) is 11.0 Å². The number of aliphatic hydroxyl groups excluding tert-OH is 1. The van der Waals surface area contributed by atoms with Crippen LogP contribution >= 0.6 is 11.6 Å². The summed E-state index contributed by atoms with van der Waals surface area (Å²) in [5.74, 6) is 0.495. The number of hydrogen-bond donors (Lipinski definition) is 1. The van der Waals surface area contributed by atoms with Gasteiger partial charge in [-0.1, -0.05) is 29.8 Å². The Bertz CT molecular complexity index is 230. The van der Waals surface area contributed by atoms with Crippen molar-refractivity contribution in [1.82, 2.24) is 0 Å². The van der Waals surface area contributed by atoms with Gasteiger partial charge in [0.2, 0.25) is 0 Å². The monoisotopic (exact) mass is 184 g/mol. The molecule has 1 aromatic carbocycles. The number of aryl methyl sites for hydroxylation is 1. The number of benzene rings is 1. The van der Waals surface area contributed by atoms with Crippen molar-refractivity contribution >= 4 is 11.6 Å². The molecule has 0 heterocycles. The Morgan fingerprint density at radius 3 is 2.42 bits per heavy atom. The molecule has 1 N–H and O–H groups in total. The van der Waals surface area contributed by atoms with E-state index in [-0.39, 0.29) is 0 Å². The molecular weight excluding hydrogens is 172 g/mol. The predicted molar refractivity (Wildman–Crippen MR) is 51.5 cm³/mol. The Labute approximate surface area is 78.0 Å². The molecule has 12 heavy (non-hydrogen) atoms. The Morgan fingerprint density at radius 1 is 1.33 bits per heavy atom. The van der Waals surface area contributed by atoms with E-state index in [1.54, 1.807) is 0 Å². The first-order valence-electron chi connectivity index (χ1n) is 4.04. The van der Waals surface area contributed by atoms with Gasteiger partial charge in [-0.25, -0.2) is 0 Å². The molecule has 0 fully saturated rings. The molecule has 66 valence electrons. The minimum absolute atomic E-state index is 0.414. The molecule has 0 aliphatic rings. The van der Waals surface area contributed by atoms with Crippen LogP contribution in [0.25, 0.3) is 0 Å². The molecule has 0 aliphatic heterocycles. The summed E-state index contributed by atoms with van der Waals surface area (Å²) < 4.78 is 0. The Morgan fingerprint density at radius 2 is 1.92 bits per heavy atom. The molecule has 2 heteroatoms. The highest BCUT2D eigenvalue weighted by Crippen LogP contribution is 2.17. The van der Waals surface area contributed by atoms with E-state index in [1.807, 2.05) is 31.2 Å². The van der Waals surface area contributed by atoms with Crippen molar-refractivity contribution in [2.45, 2.75) is 19.4 Å². The zero-order chi connectivity index (χ0) is 8.97. The second-order valence-electron chi connectivity index (χ2n) is 2.90. The van der Waals surface area contributed by atoms with Crippen LogP contribution in [-0.2, 0) is 0 Å². The summed E-state index contributed by atoms with van der Waals surface area (Å²) >= 11 is 5.52. The predicted octanol–water partition coefficient (Wildman–Crippen LogP) is 2.66. The number of hydrogen-bond acceptors (Lipinski definition) is 1.